The maximum atomic E-state index is 13.8. The molecule has 0 radical (unpaired) electrons. The molecule has 100 valence electrons. The SMILES string of the molecule is CC(=O)c1c(C(C)C)c(F)c(F)c(F)c1C(C)C. The quantitative estimate of drug-likeness (QED) is 0.574. The number of Topliss-reactive ketones (excluding diaryl/α,β-unsaturated/α-hetero) is 1. The summed E-state index contributed by atoms with van der Waals surface area (Å²) in [5, 5.41) is 0. The lowest BCUT2D eigenvalue weighted by Crippen LogP contribution is -2.15. The zero-order chi connectivity index (χ0) is 14.2. The van der Waals surface area contributed by atoms with Gasteiger partial charge in [0.15, 0.2) is 23.2 Å². The highest BCUT2D eigenvalue weighted by molar-refractivity contribution is 5.97. The standard InChI is InChI=1S/C14H17F3O/c1-6(2)9-11(8(5)18)10(7(3)4)13(16)14(17)12(9)15/h6-7H,1-5H3. The first kappa shape index (κ1) is 14.7. The van der Waals surface area contributed by atoms with Gasteiger partial charge in [-0.25, -0.2) is 13.2 Å². The first-order valence-corrected chi connectivity index (χ1v) is 5.91. The van der Waals surface area contributed by atoms with Crippen molar-refractivity contribution < 1.29 is 18.0 Å². The summed E-state index contributed by atoms with van der Waals surface area (Å²) in [4.78, 5) is 11.7. The largest absolute Gasteiger partial charge is 0.294 e. The molecule has 0 aliphatic carbocycles. The predicted octanol–water partition coefficient (Wildman–Crippen LogP) is 4.55. The van der Waals surface area contributed by atoms with Gasteiger partial charge in [0.05, 0.1) is 0 Å². The third kappa shape index (κ3) is 2.28. The fourth-order valence-electron chi connectivity index (χ4n) is 2.16. The minimum Gasteiger partial charge on any atom is -0.294 e. The van der Waals surface area contributed by atoms with Crippen LogP contribution in [0.4, 0.5) is 13.2 Å². The van der Waals surface area contributed by atoms with E-state index >= 15 is 0 Å². The molecule has 0 bridgehead atoms. The first-order valence-electron chi connectivity index (χ1n) is 5.91. The summed E-state index contributed by atoms with van der Waals surface area (Å²) in [7, 11) is 0. The molecule has 1 aromatic rings. The predicted molar refractivity (Wildman–Crippen MR) is 64.5 cm³/mol. The number of carbonyl (C=O) groups excluding carboxylic acids is 1. The van der Waals surface area contributed by atoms with Crippen molar-refractivity contribution in [2.45, 2.75) is 46.5 Å². The van der Waals surface area contributed by atoms with Crippen LogP contribution in [0.15, 0.2) is 0 Å². The molecular weight excluding hydrogens is 241 g/mol. The van der Waals surface area contributed by atoms with Crippen molar-refractivity contribution >= 4 is 5.78 Å². The number of benzene rings is 1. The highest BCUT2D eigenvalue weighted by Gasteiger charge is 2.29. The van der Waals surface area contributed by atoms with Gasteiger partial charge in [-0.1, -0.05) is 27.7 Å². The summed E-state index contributed by atoms with van der Waals surface area (Å²) in [5.74, 6) is -5.23. The van der Waals surface area contributed by atoms with Crippen molar-refractivity contribution in [1.82, 2.24) is 0 Å². The number of halogens is 3. The van der Waals surface area contributed by atoms with E-state index in [9.17, 15) is 18.0 Å². The minimum atomic E-state index is -1.49. The molecule has 0 fully saturated rings. The molecule has 0 unspecified atom stereocenters. The average molecular weight is 258 g/mol. The van der Waals surface area contributed by atoms with Gasteiger partial charge in [-0.05, 0) is 18.8 Å². The first-order chi connectivity index (χ1) is 8.20. The van der Waals surface area contributed by atoms with Crippen molar-refractivity contribution in [2.75, 3.05) is 0 Å². The second-order valence-electron chi connectivity index (χ2n) is 5.01. The van der Waals surface area contributed by atoms with E-state index in [1.807, 2.05) is 0 Å². The van der Waals surface area contributed by atoms with E-state index in [1.165, 1.54) is 6.92 Å². The van der Waals surface area contributed by atoms with Crippen LogP contribution in [-0.2, 0) is 0 Å². The van der Waals surface area contributed by atoms with Crippen molar-refractivity contribution in [3.63, 3.8) is 0 Å². The molecule has 1 aromatic carbocycles. The molecule has 0 spiro atoms. The third-order valence-electron chi connectivity index (χ3n) is 2.90. The molecule has 0 aliphatic rings. The van der Waals surface area contributed by atoms with Crippen molar-refractivity contribution in [1.29, 1.82) is 0 Å². The van der Waals surface area contributed by atoms with E-state index in [0.29, 0.717) is 0 Å². The Kier molecular flexibility index (Phi) is 4.20. The van der Waals surface area contributed by atoms with Crippen LogP contribution in [0, 0.1) is 17.5 Å². The Hall–Kier alpha value is -1.32. The van der Waals surface area contributed by atoms with Crippen LogP contribution in [0.3, 0.4) is 0 Å². The van der Waals surface area contributed by atoms with Crippen molar-refractivity contribution in [2.24, 2.45) is 0 Å². The zero-order valence-electron chi connectivity index (χ0n) is 11.2. The lowest BCUT2D eigenvalue weighted by Gasteiger charge is -2.20. The van der Waals surface area contributed by atoms with Crippen LogP contribution >= 0.6 is 0 Å². The summed E-state index contributed by atoms with van der Waals surface area (Å²) < 4.78 is 41.2. The van der Waals surface area contributed by atoms with Gasteiger partial charge in [0, 0.05) is 16.7 Å². The van der Waals surface area contributed by atoms with Crippen LogP contribution in [0.25, 0.3) is 0 Å². The van der Waals surface area contributed by atoms with Gasteiger partial charge < -0.3 is 0 Å². The second-order valence-corrected chi connectivity index (χ2v) is 5.01. The molecule has 4 heteroatoms. The van der Waals surface area contributed by atoms with E-state index in [2.05, 4.69) is 0 Å². The molecule has 0 atom stereocenters. The number of hydrogen-bond donors (Lipinski definition) is 0. The maximum absolute atomic E-state index is 13.8. The molecule has 0 amide bonds. The van der Waals surface area contributed by atoms with E-state index in [-0.39, 0.29) is 16.7 Å². The van der Waals surface area contributed by atoms with E-state index in [0.717, 1.165) is 0 Å². The Morgan fingerprint density at radius 3 is 1.39 bits per heavy atom. The van der Waals surface area contributed by atoms with Gasteiger partial charge in [-0.2, -0.15) is 0 Å². The third-order valence-corrected chi connectivity index (χ3v) is 2.90. The van der Waals surface area contributed by atoms with Crippen LogP contribution in [0.1, 0.15) is 67.9 Å². The number of ketones is 1. The highest BCUT2D eigenvalue weighted by atomic mass is 19.2. The Morgan fingerprint density at radius 2 is 1.17 bits per heavy atom. The Balaban J connectivity index is 3.87. The maximum Gasteiger partial charge on any atom is 0.195 e. The molecule has 0 aromatic heterocycles. The Morgan fingerprint density at radius 1 is 0.833 bits per heavy atom. The molecule has 18 heavy (non-hydrogen) atoms. The van der Waals surface area contributed by atoms with Crippen molar-refractivity contribution in [3.8, 4) is 0 Å². The molecular formula is C14H17F3O. The molecule has 0 heterocycles. The Labute approximate surface area is 105 Å². The lowest BCUT2D eigenvalue weighted by atomic mass is 9.86. The topological polar surface area (TPSA) is 17.1 Å². The molecule has 1 rings (SSSR count). The van der Waals surface area contributed by atoms with Gasteiger partial charge in [0.2, 0.25) is 0 Å². The second kappa shape index (κ2) is 5.12. The van der Waals surface area contributed by atoms with Crippen LogP contribution < -0.4 is 0 Å². The zero-order valence-corrected chi connectivity index (χ0v) is 11.2. The average Bonchev–Trinajstić information content (AvgIpc) is 2.23. The summed E-state index contributed by atoms with van der Waals surface area (Å²) >= 11 is 0. The van der Waals surface area contributed by atoms with Crippen LogP contribution in [0.5, 0.6) is 0 Å². The normalized spacial score (nSPS) is 11.4. The monoisotopic (exact) mass is 258 g/mol. The fourth-order valence-corrected chi connectivity index (χ4v) is 2.16. The summed E-state index contributed by atoms with van der Waals surface area (Å²) in [6, 6.07) is 0. The number of hydrogen-bond acceptors (Lipinski definition) is 1. The lowest BCUT2D eigenvalue weighted by molar-refractivity contribution is 0.101. The summed E-state index contributed by atoms with van der Waals surface area (Å²) in [5.41, 5.74) is -0.0911. The Bertz CT molecular complexity index is 455. The number of carbonyl (C=O) groups is 1. The minimum absolute atomic E-state index is 0.0172. The van der Waals surface area contributed by atoms with E-state index in [1.54, 1.807) is 27.7 Å². The van der Waals surface area contributed by atoms with Crippen LogP contribution in [-0.4, -0.2) is 5.78 Å². The van der Waals surface area contributed by atoms with E-state index in [4.69, 9.17) is 0 Å². The van der Waals surface area contributed by atoms with Gasteiger partial charge >= 0.3 is 0 Å². The van der Waals surface area contributed by atoms with Gasteiger partial charge in [-0.15, -0.1) is 0 Å². The number of rotatable bonds is 3. The van der Waals surface area contributed by atoms with Crippen molar-refractivity contribution in [3.05, 3.63) is 34.1 Å². The molecule has 0 saturated heterocycles. The van der Waals surface area contributed by atoms with Gasteiger partial charge in [-0.3, -0.25) is 4.79 Å². The highest BCUT2D eigenvalue weighted by Crippen LogP contribution is 2.34. The van der Waals surface area contributed by atoms with Gasteiger partial charge in [0.25, 0.3) is 0 Å². The fraction of sp³-hybridized carbons (Fsp3) is 0.500. The molecule has 0 N–H and O–H groups in total. The molecule has 1 nitrogen and oxygen atoms in total. The van der Waals surface area contributed by atoms with Crippen LogP contribution in [0.2, 0.25) is 0 Å². The molecule has 0 aliphatic heterocycles. The van der Waals surface area contributed by atoms with Gasteiger partial charge in [0.1, 0.15) is 0 Å². The summed E-state index contributed by atoms with van der Waals surface area (Å²) in [6.45, 7) is 7.82. The molecule has 0 saturated carbocycles. The van der Waals surface area contributed by atoms with E-state index < -0.39 is 35.1 Å². The smallest absolute Gasteiger partial charge is 0.195 e. The summed E-state index contributed by atoms with van der Waals surface area (Å²) in [6.07, 6.45) is 0.